The van der Waals surface area contributed by atoms with Crippen LogP contribution in [0.1, 0.15) is 25.7 Å². The highest BCUT2D eigenvalue weighted by molar-refractivity contribution is 5.77. The van der Waals surface area contributed by atoms with Crippen LogP contribution < -0.4 is 11.1 Å². The molecule has 0 spiro atoms. The first-order valence-corrected chi connectivity index (χ1v) is 6.84. The van der Waals surface area contributed by atoms with E-state index in [4.69, 9.17) is 5.73 Å². The highest BCUT2D eigenvalue weighted by Crippen LogP contribution is 2.23. The van der Waals surface area contributed by atoms with Crippen LogP contribution in [0.4, 0.5) is 20.2 Å². The fourth-order valence-electron chi connectivity index (χ4n) is 2.34. The van der Waals surface area contributed by atoms with E-state index in [1.807, 2.05) is 4.90 Å². The van der Waals surface area contributed by atoms with Gasteiger partial charge < -0.3 is 16.0 Å². The van der Waals surface area contributed by atoms with E-state index in [-0.39, 0.29) is 23.7 Å². The average molecular weight is 283 g/mol. The van der Waals surface area contributed by atoms with Crippen molar-refractivity contribution < 1.29 is 13.6 Å². The molecular weight excluding hydrogens is 264 g/mol. The number of nitrogen functional groups attached to an aromatic ring is 1. The fourth-order valence-corrected chi connectivity index (χ4v) is 2.34. The fraction of sp³-hybridized carbons (Fsp3) is 0.500. The Hall–Kier alpha value is -1.85. The molecule has 110 valence electrons. The number of carbonyl (C=O) groups excluding carboxylic acids is 1. The minimum atomic E-state index is -0.796. The number of nitrogens with zero attached hydrogens (tertiary/aromatic N) is 1. The van der Waals surface area contributed by atoms with Gasteiger partial charge in [0.2, 0.25) is 5.91 Å². The Bertz CT molecular complexity index is 488. The van der Waals surface area contributed by atoms with Gasteiger partial charge in [-0.05, 0) is 25.3 Å². The average Bonchev–Trinajstić information content (AvgIpc) is 2.44. The molecule has 0 bridgehead atoms. The zero-order chi connectivity index (χ0) is 14.5. The third-order valence-electron chi connectivity index (χ3n) is 3.46. The summed E-state index contributed by atoms with van der Waals surface area (Å²) < 4.78 is 26.3. The summed E-state index contributed by atoms with van der Waals surface area (Å²) in [5.74, 6) is -1.43. The van der Waals surface area contributed by atoms with Gasteiger partial charge in [-0.15, -0.1) is 0 Å². The molecule has 0 aliphatic carbocycles. The largest absolute Gasteiger partial charge is 0.395 e. The second-order valence-electron chi connectivity index (χ2n) is 4.97. The molecule has 0 aromatic heterocycles. The van der Waals surface area contributed by atoms with E-state index in [1.165, 1.54) is 6.42 Å². The predicted octanol–water partition coefficient (Wildman–Crippen LogP) is 2.36. The monoisotopic (exact) mass is 283 g/mol. The summed E-state index contributed by atoms with van der Waals surface area (Å²) in [6.07, 6.45) is 3.54. The number of nitrogens with two attached hydrogens (primary N) is 1. The van der Waals surface area contributed by atoms with Crippen LogP contribution in [-0.2, 0) is 4.79 Å². The molecule has 1 heterocycles. The SMILES string of the molecule is Nc1c(F)cc(F)cc1NCCC(=O)N1CCCCC1. The van der Waals surface area contributed by atoms with E-state index < -0.39 is 11.6 Å². The van der Waals surface area contributed by atoms with E-state index in [2.05, 4.69) is 5.32 Å². The number of hydrogen-bond acceptors (Lipinski definition) is 3. The molecule has 1 amide bonds. The van der Waals surface area contributed by atoms with Gasteiger partial charge in [-0.3, -0.25) is 4.79 Å². The minimum Gasteiger partial charge on any atom is -0.395 e. The summed E-state index contributed by atoms with van der Waals surface area (Å²) >= 11 is 0. The molecule has 1 saturated heterocycles. The lowest BCUT2D eigenvalue weighted by Gasteiger charge is -2.26. The van der Waals surface area contributed by atoms with Gasteiger partial charge in [0, 0.05) is 32.1 Å². The van der Waals surface area contributed by atoms with E-state index in [9.17, 15) is 13.6 Å². The maximum Gasteiger partial charge on any atom is 0.224 e. The van der Waals surface area contributed by atoms with Crippen molar-refractivity contribution >= 4 is 17.3 Å². The molecule has 1 aliphatic rings. The quantitative estimate of drug-likeness (QED) is 0.834. The Labute approximate surface area is 116 Å². The minimum absolute atomic E-state index is 0.0626. The lowest BCUT2D eigenvalue weighted by atomic mass is 10.1. The first kappa shape index (κ1) is 14.6. The van der Waals surface area contributed by atoms with Gasteiger partial charge >= 0.3 is 0 Å². The van der Waals surface area contributed by atoms with Crippen LogP contribution in [0.5, 0.6) is 0 Å². The maximum atomic E-state index is 13.2. The van der Waals surface area contributed by atoms with Crippen molar-refractivity contribution in [2.75, 3.05) is 30.7 Å². The molecule has 4 nitrogen and oxygen atoms in total. The Balaban J connectivity index is 1.85. The second kappa shape index (κ2) is 6.54. The van der Waals surface area contributed by atoms with Crippen molar-refractivity contribution in [3.8, 4) is 0 Å². The molecule has 1 aromatic carbocycles. The van der Waals surface area contributed by atoms with Crippen LogP contribution in [0.2, 0.25) is 0 Å². The predicted molar refractivity (Wildman–Crippen MR) is 74.3 cm³/mol. The number of hydrogen-bond donors (Lipinski definition) is 2. The normalized spacial score (nSPS) is 15.2. The van der Waals surface area contributed by atoms with Crippen LogP contribution in [0, 0.1) is 11.6 Å². The van der Waals surface area contributed by atoms with Gasteiger partial charge in [-0.2, -0.15) is 0 Å². The van der Waals surface area contributed by atoms with Crippen molar-refractivity contribution in [1.82, 2.24) is 4.90 Å². The Morgan fingerprint density at radius 1 is 1.25 bits per heavy atom. The summed E-state index contributed by atoms with van der Waals surface area (Å²) in [6, 6.07) is 1.86. The first-order chi connectivity index (χ1) is 9.58. The number of halogens is 2. The maximum absolute atomic E-state index is 13.2. The summed E-state index contributed by atoms with van der Waals surface area (Å²) in [5.41, 5.74) is 5.57. The molecular formula is C14H19F2N3O. The van der Waals surface area contributed by atoms with Crippen LogP contribution in [-0.4, -0.2) is 30.4 Å². The molecule has 0 saturated carbocycles. The van der Waals surface area contributed by atoms with Crippen LogP contribution in [0.3, 0.4) is 0 Å². The number of likely N-dealkylation sites (tertiary alicyclic amines) is 1. The third-order valence-corrected chi connectivity index (χ3v) is 3.46. The van der Waals surface area contributed by atoms with E-state index in [1.54, 1.807) is 0 Å². The standard InChI is InChI=1S/C14H19F2N3O/c15-10-8-11(16)14(17)12(9-10)18-5-4-13(20)19-6-2-1-3-7-19/h8-9,18H,1-7,17H2. The van der Waals surface area contributed by atoms with E-state index in [0.717, 1.165) is 38.1 Å². The van der Waals surface area contributed by atoms with Gasteiger partial charge in [0.1, 0.15) is 5.82 Å². The summed E-state index contributed by atoms with van der Waals surface area (Å²) in [6.45, 7) is 1.91. The molecule has 0 atom stereocenters. The van der Waals surface area contributed by atoms with Crippen molar-refractivity contribution in [2.24, 2.45) is 0 Å². The Kier molecular flexibility index (Phi) is 4.76. The van der Waals surface area contributed by atoms with E-state index >= 15 is 0 Å². The number of carbonyl (C=O) groups is 1. The van der Waals surface area contributed by atoms with Crippen molar-refractivity contribution in [1.29, 1.82) is 0 Å². The highest BCUT2D eigenvalue weighted by atomic mass is 19.1. The summed E-state index contributed by atoms with van der Waals surface area (Å²) in [5, 5.41) is 2.81. The topological polar surface area (TPSA) is 58.4 Å². The molecule has 1 fully saturated rings. The third kappa shape index (κ3) is 3.59. The van der Waals surface area contributed by atoms with Crippen molar-refractivity contribution in [3.63, 3.8) is 0 Å². The summed E-state index contributed by atoms with van der Waals surface area (Å²) in [4.78, 5) is 13.7. The smallest absolute Gasteiger partial charge is 0.224 e. The van der Waals surface area contributed by atoms with Gasteiger partial charge in [-0.1, -0.05) is 0 Å². The number of rotatable bonds is 4. The summed E-state index contributed by atoms with van der Waals surface area (Å²) in [7, 11) is 0. The number of piperidine rings is 1. The molecule has 1 aliphatic heterocycles. The number of amides is 1. The first-order valence-electron chi connectivity index (χ1n) is 6.84. The second-order valence-corrected chi connectivity index (χ2v) is 4.97. The van der Waals surface area contributed by atoms with E-state index in [0.29, 0.717) is 6.54 Å². The Morgan fingerprint density at radius 2 is 1.95 bits per heavy atom. The van der Waals surface area contributed by atoms with Gasteiger partial charge in [0.15, 0.2) is 5.82 Å². The molecule has 6 heteroatoms. The lowest BCUT2D eigenvalue weighted by Crippen LogP contribution is -2.36. The molecule has 1 aromatic rings. The van der Waals surface area contributed by atoms with Gasteiger partial charge in [-0.25, -0.2) is 8.78 Å². The van der Waals surface area contributed by atoms with Gasteiger partial charge in [0.25, 0.3) is 0 Å². The molecule has 3 N–H and O–H groups in total. The zero-order valence-corrected chi connectivity index (χ0v) is 11.3. The van der Waals surface area contributed by atoms with Crippen LogP contribution in [0.25, 0.3) is 0 Å². The van der Waals surface area contributed by atoms with Crippen molar-refractivity contribution in [2.45, 2.75) is 25.7 Å². The molecule has 20 heavy (non-hydrogen) atoms. The molecule has 0 unspecified atom stereocenters. The Morgan fingerprint density at radius 3 is 2.65 bits per heavy atom. The highest BCUT2D eigenvalue weighted by Gasteiger charge is 2.16. The zero-order valence-electron chi connectivity index (χ0n) is 11.3. The lowest BCUT2D eigenvalue weighted by molar-refractivity contribution is -0.131. The van der Waals surface area contributed by atoms with Crippen LogP contribution >= 0.6 is 0 Å². The van der Waals surface area contributed by atoms with Crippen LogP contribution in [0.15, 0.2) is 12.1 Å². The molecule has 0 radical (unpaired) electrons. The number of anilines is 2. The van der Waals surface area contributed by atoms with Crippen molar-refractivity contribution in [3.05, 3.63) is 23.8 Å². The van der Waals surface area contributed by atoms with Gasteiger partial charge in [0.05, 0.1) is 11.4 Å². The molecule has 2 rings (SSSR count). The number of nitrogens with one attached hydrogen (secondary N) is 1. The number of benzene rings is 1.